The topological polar surface area (TPSA) is 43.8 Å². The average Bonchev–Trinajstić information content (AvgIpc) is 2.40. The van der Waals surface area contributed by atoms with Crippen LogP contribution in [0.1, 0.15) is 58.3 Å². The van der Waals surface area contributed by atoms with Gasteiger partial charge in [-0.1, -0.05) is 25.7 Å². The van der Waals surface area contributed by atoms with Gasteiger partial charge in [-0.15, -0.1) is 0 Å². The summed E-state index contributed by atoms with van der Waals surface area (Å²) in [6, 6.07) is 0.595. The monoisotopic (exact) mass is 282 g/mol. The average molecular weight is 282 g/mol. The fraction of sp³-hybridized carbons (Fsp3) is 0.938. The van der Waals surface area contributed by atoms with Crippen LogP contribution in [0.2, 0.25) is 0 Å². The van der Waals surface area contributed by atoms with Crippen molar-refractivity contribution in [2.75, 3.05) is 26.2 Å². The number of aliphatic hydroxyl groups is 1. The lowest BCUT2D eigenvalue weighted by Gasteiger charge is -2.40. The standard InChI is InChI=1S/C16H30N2O2/c1-14-8-7-9-15(13-19)18(14)12-16(20)17-10-5-3-2-4-6-11-17/h14-15,19H,2-13H2,1H3. The Balaban J connectivity index is 1.90. The van der Waals surface area contributed by atoms with E-state index in [0.717, 1.165) is 38.8 Å². The number of carbonyl (C=O) groups is 1. The molecule has 4 heteroatoms. The van der Waals surface area contributed by atoms with E-state index in [1.54, 1.807) is 0 Å². The number of carbonyl (C=O) groups excluding carboxylic acids is 1. The van der Waals surface area contributed by atoms with Crippen LogP contribution in [-0.4, -0.2) is 59.1 Å². The molecule has 1 amide bonds. The number of nitrogens with zero attached hydrogens (tertiary/aromatic N) is 2. The minimum absolute atomic E-state index is 0.178. The zero-order valence-corrected chi connectivity index (χ0v) is 12.9. The lowest BCUT2D eigenvalue weighted by molar-refractivity contribution is -0.135. The highest BCUT2D eigenvalue weighted by atomic mass is 16.3. The molecule has 2 heterocycles. The molecule has 0 aliphatic carbocycles. The molecule has 4 nitrogen and oxygen atoms in total. The van der Waals surface area contributed by atoms with Crippen LogP contribution in [0.25, 0.3) is 0 Å². The van der Waals surface area contributed by atoms with E-state index in [9.17, 15) is 9.90 Å². The van der Waals surface area contributed by atoms with Gasteiger partial charge in [-0.2, -0.15) is 0 Å². The van der Waals surface area contributed by atoms with Crippen molar-refractivity contribution in [3.63, 3.8) is 0 Å². The second kappa shape index (κ2) is 7.99. The van der Waals surface area contributed by atoms with Crippen molar-refractivity contribution in [1.29, 1.82) is 0 Å². The molecule has 2 saturated heterocycles. The highest BCUT2D eigenvalue weighted by molar-refractivity contribution is 5.78. The molecule has 2 rings (SSSR count). The van der Waals surface area contributed by atoms with E-state index in [1.807, 2.05) is 0 Å². The first kappa shape index (κ1) is 15.8. The van der Waals surface area contributed by atoms with Gasteiger partial charge in [-0.05, 0) is 32.6 Å². The summed E-state index contributed by atoms with van der Waals surface area (Å²) in [6.45, 7) is 4.70. The number of likely N-dealkylation sites (tertiary alicyclic amines) is 2. The van der Waals surface area contributed by atoms with Crippen molar-refractivity contribution < 1.29 is 9.90 Å². The molecule has 1 N–H and O–H groups in total. The van der Waals surface area contributed by atoms with Crippen LogP contribution in [-0.2, 0) is 4.79 Å². The molecule has 0 aromatic heterocycles. The summed E-state index contributed by atoms with van der Waals surface area (Å²) in [5, 5.41) is 9.52. The van der Waals surface area contributed by atoms with Gasteiger partial charge in [0.15, 0.2) is 0 Å². The summed E-state index contributed by atoms with van der Waals surface area (Å²) < 4.78 is 0. The smallest absolute Gasteiger partial charge is 0.236 e. The molecule has 0 saturated carbocycles. The van der Waals surface area contributed by atoms with Gasteiger partial charge in [0, 0.05) is 25.2 Å². The Bertz CT molecular complexity index is 301. The Labute approximate surface area is 123 Å². The molecule has 116 valence electrons. The van der Waals surface area contributed by atoms with Gasteiger partial charge in [0.05, 0.1) is 13.2 Å². The Hall–Kier alpha value is -0.610. The first-order valence-electron chi connectivity index (χ1n) is 8.36. The number of hydrogen-bond acceptors (Lipinski definition) is 3. The summed E-state index contributed by atoms with van der Waals surface area (Å²) in [5.41, 5.74) is 0. The quantitative estimate of drug-likeness (QED) is 0.861. The van der Waals surface area contributed by atoms with Crippen molar-refractivity contribution >= 4 is 5.91 Å². The van der Waals surface area contributed by atoms with Gasteiger partial charge in [-0.25, -0.2) is 0 Å². The highest BCUT2D eigenvalue weighted by Gasteiger charge is 2.30. The molecule has 0 bridgehead atoms. The van der Waals surface area contributed by atoms with Crippen LogP contribution in [0.4, 0.5) is 0 Å². The van der Waals surface area contributed by atoms with Crippen LogP contribution in [0.5, 0.6) is 0 Å². The molecule has 0 aromatic rings. The van der Waals surface area contributed by atoms with Gasteiger partial charge < -0.3 is 10.0 Å². The summed E-state index contributed by atoms with van der Waals surface area (Å²) in [7, 11) is 0. The van der Waals surface area contributed by atoms with Crippen molar-refractivity contribution in [2.45, 2.75) is 70.4 Å². The van der Waals surface area contributed by atoms with E-state index in [-0.39, 0.29) is 18.6 Å². The van der Waals surface area contributed by atoms with E-state index < -0.39 is 0 Å². The molecule has 2 unspecified atom stereocenters. The summed E-state index contributed by atoms with van der Waals surface area (Å²) in [4.78, 5) is 16.8. The summed E-state index contributed by atoms with van der Waals surface area (Å²) >= 11 is 0. The summed E-state index contributed by atoms with van der Waals surface area (Å²) in [5.74, 6) is 0.263. The van der Waals surface area contributed by atoms with Crippen LogP contribution in [0.3, 0.4) is 0 Å². The van der Waals surface area contributed by atoms with Gasteiger partial charge in [-0.3, -0.25) is 9.69 Å². The maximum absolute atomic E-state index is 12.5. The molecular weight excluding hydrogens is 252 g/mol. The maximum atomic E-state index is 12.5. The number of piperidine rings is 1. The minimum atomic E-state index is 0.178. The van der Waals surface area contributed by atoms with E-state index >= 15 is 0 Å². The third-order valence-electron chi connectivity index (χ3n) is 4.93. The lowest BCUT2D eigenvalue weighted by Crippen LogP contribution is -2.52. The fourth-order valence-electron chi connectivity index (χ4n) is 3.57. The molecule has 2 aliphatic rings. The molecule has 2 fully saturated rings. The Kier molecular flexibility index (Phi) is 6.30. The van der Waals surface area contributed by atoms with Crippen LogP contribution < -0.4 is 0 Å². The first-order valence-corrected chi connectivity index (χ1v) is 8.36. The minimum Gasteiger partial charge on any atom is -0.395 e. The molecule has 20 heavy (non-hydrogen) atoms. The Morgan fingerprint density at radius 1 is 1.05 bits per heavy atom. The van der Waals surface area contributed by atoms with E-state index in [0.29, 0.717) is 12.6 Å². The number of hydrogen-bond donors (Lipinski definition) is 1. The van der Waals surface area contributed by atoms with Gasteiger partial charge in [0.2, 0.25) is 5.91 Å². The first-order chi connectivity index (χ1) is 9.72. The maximum Gasteiger partial charge on any atom is 0.236 e. The van der Waals surface area contributed by atoms with E-state index in [4.69, 9.17) is 0 Å². The predicted molar refractivity (Wildman–Crippen MR) is 80.6 cm³/mol. The van der Waals surface area contributed by atoms with E-state index in [1.165, 1.54) is 25.7 Å². The second-order valence-electron chi connectivity index (χ2n) is 6.44. The molecule has 2 atom stereocenters. The number of amides is 1. The van der Waals surface area contributed by atoms with Crippen LogP contribution in [0.15, 0.2) is 0 Å². The summed E-state index contributed by atoms with van der Waals surface area (Å²) in [6.07, 6.45) is 9.44. The largest absolute Gasteiger partial charge is 0.395 e. The Morgan fingerprint density at radius 2 is 1.70 bits per heavy atom. The number of rotatable bonds is 3. The SMILES string of the molecule is CC1CCCC(CO)N1CC(=O)N1CCCCCCC1. The van der Waals surface area contributed by atoms with Crippen molar-refractivity contribution in [3.8, 4) is 0 Å². The molecule has 0 aromatic carbocycles. The predicted octanol–water partition coefficient (Wildman–Crippen LogP) is 2.01. The van der Waals surface area contributed by atoms with Crippen molar-refractivity contribution in [1.82, 2.24) is 9.80 Å². The van der Waals surface area contributed by atoms with Crippen molar-refractivity contribution in [3.05, 3.63) is 0 Å². The fourth-order valence-corrected chi connectivity index (χ4v) is 3.57. The lowest BCUT2D eigenvalue weighted by atomic mass is 9.97. The van der Waals surface area contributed by atoms with Crippen molar-refractivity contribution in [2.24, 2.45) is 0 Å². The molecular formula is C16H30N2O2. The van der Waals surface area contributed by atoms with Crippen LogP contribution in [0, 0.1) is 0 Å². The normalized spacial score (nSPS) is 29.8. The van der Waals surface area contributed by atoms with Gasteiger partial charge in [0.1, 0.15) is 0 Å². The Morgan fingerprint density at radius 3 is 2.35 bits per heavy atom. The zero-order valence-electron chi connectivity index (χ0n) is 12.9. The third kappa shape index (κ3) is 4.19. The van der Waals surface area contributed by atoms with Gasteiger partial charge in [0.25, 0.3) is 0 Å². The van der Waals surface area contributed by atoms with E-state index in [2.05, 4.69) is 16.7 Å². The molecule has 2 aliphatic heterocycles. The highest BCUT2D eigenvalue weighted by Crippen LogP contribution is 2.22. The molecule has 0 spiro atoms. The second-order valence-corrected chi connectivity index (χ2v) is 6.44. The zero-order chi connectivity index (χ0) is 14.4. The third-order valence-corrected chi connectivity index (χ3v) is 4.93. The molecule has 0 radical (unpaired) electrons. The number of aliphatic hydroxyl groups excluding tert-OH is 1. The van der Waals surface area contributed by atoms with Crippen LogP contribution >= 0.6 is 0 Å². The van der Waals surface area contributed by atoms with Gasteiger partial charge >= 0.3 is 0 Å².